The minimum Gasteiger partial charge on any atom is -0.457 e. The van der Waals surface area contributed by atoms with Gasteiger partial charge in [-0.1, -0.05) is 0 Å². The van der Waals surface area contributed by atoms with Crippen LogP contribution >= 0.6 is 0 Å². The Kier molecular flexibility index (Phi) is 4.70. The van der Waals surface area contributed by atoms with Crippen molar-refractivity contribution in [3.05, 3.63) is 0 Å². The van der Waals surface area contributed by atoms with Crippen LogP contribution < -0.4 is 0 Å². The fourth-order valence-corrected chi connectivity index (χ4v) is 2.19. The molecule has 1 aliphatic rings. The lowest BCUT2D eigenvalue weighted by molar-refractivity contribution is -0.236. The van der Waals surface area contributed by atoms with Crippen LogP contribution in [0.5, 0.6) is 0 Å². The Morgan fingerprint density at radius 3 is 1.75 bits per heavy atom. The molecule has 3 unspecified atom stereocenters. The predicted molar refractivity (Wildman–Crippen MR) is 57.2 cm³/mol. The summed E-state index contributed by atoms with van der Waals surface area (Å²) in [4.78, 5) is 11.1. The van der Waals surface area contributed by atoms with Crippen molar-refractivity contribution in [3.63, 3.8) is 0 Å². The van der Waals surface area contributed by atoms with Gasteiger partial charge in [-0.3, -0.25) is 4.79 Å². The molecule has 0 bridgehead atoms. The minimum absolute atomic E-state index is 0.129. The first kappa shape index (κ1) is 13.4. The van der Waals surface area contributed by atoms with E-state index >= 15 is 0 Å². The Labute approximate surface area is 96.0 Å². The lowest BCUT2D eigenvalue weighted by Gasteiger charge is -2.42. The molecule has 94 valence electrons. The molecule has 0 spiro atoms. The molecule has 0 saturated carbocycles. The Morgan fingerprint density at radius 1 is 1.00 bits per heavy atom. The number of carbonyl (C=O) groups excluding carboxylic acids is 1. The quantitative estimate of drug-likeness (QED) is 0.672. The Balaban J connectivity index is 2.85. The number of ether oxygens (including phenoxy) is 4. The maximum Gasteiger partial charge on any atom is 0.303 e. The summed E-state index contributed by atoms with van der Waals surface area (Å²) < 4.78 is 21.6. The van der Waals surface area contributed by atoms with Gasteiger partial charge in [0, 0.05) is 21.1 Å². The number of hydrogen-bond donors (Lipinski definition) is 0. The second kappa shape index (κ2) is 5.61. The zero-order valence-electron chi connectivity index (χ0n) is 10.4. The van der Waals surface area contributed by atoms with Crippen molar-refractivity contribution in [2.24, 2.45) is 0 Å². The first-order valence-corrected chi connectivity index (χ1v) is 5.39. The zero-order chi connectivity index (χ0) is 12.3. The molecule has 1 aliphatic heterocycles. The molecule has 0 aromatic heterocycles. The molecular formula is C11H20O5. The highest BCUT2D eigenvalue weighted by Gasteiger charge is 2.45. The molecule has 0 radical (unpaired) electrons. The van der Waals surface area contributed by atoms with E-state index in [1.165, 1.54) is 6.92 Å². The van der Waals surface area contributed by atoms with Gasteiger partial charge in [-0.25, -0.2) is 0 Å². The third kappa shape index (κ3) is 2.72. The predicted octanol–water partition coefficient (Wildman–Crippen LogP) is 0.755. The number of rotatable bonds is 3. The van der Waals surface area contributed by atoms with E-state index in [0.717, 1.165) is 0 Å². The van der Waals surface area contributed by atoms with Gasteiger partial charge in [0.2, 0.25) is 0 Å². The van der Waals surface area contributed by atoms with Crippen molar-refractivity contribution in [3.8, 4) is 0 Å². The van der Waals surface area contributed by atoms with Crippen molar-refractivity contribution in [2.75, 3.05) is 14.2 Å². The van der Waals surface area contributed by atoms with Gasteiger partial charge in [-0.15, -0.1) is 0 Å². The van der Waals surface area contributed by atoms with Gasteiger partial charge in [-0.05, 0) is 13.8 Å². The normalized spacial score (nSPS) is 39.4. The average molecular weight is 232 g/mol. The molecule has 0 aromatic carbocycles. The van der Waals surface area contributed by atoms with E-state index in [-0.39, 0.29) is 30.4 Å². The zero-order valence-corrected chi connectivity index (χ0v) is 10.4. The Bertz CT molecular complexity index is 227. The van der Waals surface area contributed by atoms with E-state index in [0.29, 0.717) is 0 Å². The molecule has 1 rings (SSSR count). The third-order valence-corrected chi connectivity index (χ3v) is 2.85. The molecule has 0 aliphatic carbocycles. The first-order valence-electron chi connectivity index (χ1n) is 5.39. The monoisotopic (exact) mass is 232 g/mol. The molecule has 1 heterocycles. The largest absolute Gasteiger partial charge is 0.457 e. The summed E-state index contributed by atoms with van der Waals surface area (Å²) in [5.41, 5.74) is 0. The van der Waals surface area contributed by atoms with Crippen molar-refractivity contribution >= 4 is 5.97 Å². The van der Waals surface area contributed by atoms with Crippen LogP contribution in [0.2, 0.25) is 0 Å². The SMILES string of the molecule is COC1C(OC(C)=O)[C@@H](OC)C(C)O[C@H]1C. The fourth-order valence-electron chi connectivity index (χ4n) is 2.19. The highest BCUT2D eigenvalue weighted by Crippen LogP contribution is 2.26. The van der Waals surface area contributed by atoms with Crippen LogP contribution in [0.25, 0.3) is 0 Å². The molecule has 0 aromatic rings. The van der Waals surface area contributed by atoms with E-state index < -0.39 is 6.10 Å². The van der Waals surface area contributed by atoms with Crippen molar-refractivity contribution < 1.29 is 23.7 Å². The standard InChI is InChI=1S/C11H20O5/c1-6-9(13-4)11(16-8(3)12)10(14-5)7(2)15-6/h6-7,9-11H,1-5H3/t6-,7?,9?,10-,11?/m0/s1. The topological polar surface area (TPSA) is 54.0 Å². The first-order chi connectivity index (χ1) is 7.51. The van der Waals surface area contributed by atoms with Gasteiger partial charge in [0.15, 0.2) is 6.10 Å². The highest BCUT2D eigenvalue weighted by atomic mass is 16.6. The third-order valence-electron chi connectivity index (χ3n) is 2.85. The van der Waals surface area contributed by atoms with E-state index in [4.69, 9.17) is 18.9 Å². The second-order valence-corrected chi connectivity index (χ2v) is 4.02. The number of hydrogen-bond acceptors (Lipinski definition) is 5. The molecule has 0 amide bonds. The van der Waals surface area contributed by atoms with E-state index in [1.807, 2.05) is 13.8 Å². The Hall–Kier alpha value is -0.650. The second-order valence-electron chi connectivity index (χ2n) is 4.02. The van der Waals surface area contributed by atoms with E-state index in [1.54, 1.807) is 14.2 Å². The van der Waals surface area contributed by atoms with E-state index in [2.05, 4.69) is 0 Å². The van der Waals surface area contributed by atoms with Crippen LogP contribution in [-0.2, 0) is 23.7 Å². The summed E-state index contributed by atoms with van der Waals surface area (Å²) in [6.07, 6.45) is -1.28. The van der Waals surface area contributed by atoms with Crippen molar-refractivity contribution in [1.82, 2.24) is 0 Å². The van der Waals surface area contributed by atoms with E-state index in [9.17, 15) is 4.79 Å². The average Bonchev–Trinajstić information content (AvgIpc) is 2.17. The Morgan fingerprint density at radius 2 is 1.44 bits per heavy atom. The maximum atomic E-state index is 11.1. The fraction of sp³-hybridized carbons (Fsp3) is 0.909. The van der Waals surface area contributed by atoms with Crippen LogP contribution in [0.1, 0.15) is 20.8 Å². The summed E-state index contributed by atoms with van der Waals surface area (Å²) in [5, 5.41) is 0. The highest BCUT2D eigenvalue weighted by molar-refractivity contribution is 5.66. The number of carbonyl (C=O) groups is 1. The van der Waals surface area contributed by atoms with Crippen LogP contribution in [0.3, 0.4) is 0 Å². The lowest BCUT2D eigenvalue weighted by atomic mass is 9.96. The number of esters is 1. The minimum atomic E-state index is -0.425. The van der Waals surface area contributed by atoms with Gasteiger partial charge in [-0.2, -0.15) is 0 Å². The molecule has 16 heavy (non-hydrogen) atoms. The van der Waals surface area contributed by atoms with Crippen LogP contribution in [-0.4, -0.2) is 50.7 Å². The molecule has 5 nitrogen and oxygen atoms in total. The summed E-state index contributed by atoms with van der Waals surface area (Å²) in [7, 11) is 3.15. The van der Waals surface area contributed by atoms with Gasteiger partial charge >= 0.3 is 5.97 Å². The van der Waals surface area contributed by atoms with Crippen LogP contribution in [0.4, 0.5) is 0 Å². The smallest absolute Gasteiger partial charge is 0.303 e. The van der Waals surface area contributed by atoms with Gasteiger partial charge in [0.1, 0.15) is 12.2 Å². The van der Waals surface area contributed by atoms with Gasteiger partial charge < -0.3 is 18.9 Å². The summed E-state index contributed by atoms with van der Waals surface area (Å²) in [5.74, 6) is -0.338. The van der Waals surface area contributed by atoms with Crippen LogP contribution in [0.15, 0.2) is 0 Å². The van der Waals surface area contributed by atoms with Gasteiger partial charge in [0.25, 0.3) is 0 Å². The number of methoxy groups -OCH3 is 2. The molecule has 1 saturated heterocycles. The molecular weight excluding hydrogens is 212 g/mol. The lowest BCUT2D eigenvalue weighted by Crippen LogP contribution is -2.58. The molecule has 5 heteroatoms. The van der Waals surface area contributed by atoms with Crippen LogP contribution in [0, 0.1) is 0 Å². The molecule has 1 fully saturated rings. The molecule has 5 atom stereocenters. The maximum absolute atomic E-state index is 11.1. The summed E-state index contributed by atoms with van der Waals surface area (Å²) >= 11 is 0. The summed E-state index contributed by atoms with van der Waals surface area (Å²) in [6, 6.07) is 0. The van der Waals surface area contributed by atoms with Gasteiger partial charge in [0.05, 0.1) is 12.2 Å². The molecule has 0 N–H and O–H groups in total. The summed E-state index contributed by atoms with van der Waals surface area (Å²) in [6.45, 7) is 5.17. The van der Waals surface area contributed by atoms with Crippen molar-refractivity contribution in [1.29, 1.82) is 0 Å². The van der Waals surface area contributed by atoms with Crippen molar-refractivity contribution in [2.45, 2.75) is 51.3 Å².